The maximum Gasteiger partial charge on any atom is 0.225 e. The van der Waals surface area contributed by atoms with Crippen molar-refractivity contribution in [3.05, 3.63) is 0 Å². The second-order valence-corrected chi connectivity index (χ2v) is 3.63. The molecule has 0 spiro atoms. The van der Waals surface area contributed by atoms with E-state index in [4.69, 9.17) is 0 Å². The highest BCUT2D eigenvalue weighted by Crippen LogP contribution is 2.37. The minimum absolute atomic E-state index is 0. The van der Waals surface area contributed by atoms with Gasteiger partial charge in [0.05, 0.1) is 0 Å². The zero-order valence-electron chi connectivity index (χ0n) is 7.44. The maximum atomic E-state index is 11.5. The average Bonchev–Trinajstić information content (AvgIpc) is 2.38. The fourth-order valence-electron chi connectivity index (χ4n) is 1.76. The molecule has 0 bridgehead atoms. The lowest BCUT2D eigenvalue weighted by Crippen LogP contribution is -2.36. The van der Waals surface area contributed by atoms with Gasteiger partial charge in [-0.15, -0.1) is 0 Å². The Balaban J connectivity index is 0.00000121. The molecule has 0 heterocycles. The van der Waals surface area contributed by atoms with Gasteiger partial charge in [0.2, 0.25) is 5.91 Å². The molecule has 1 saturated carbocycles. The van der Waals surface area contributed by atoms with E-state index in [2.05, 4.69) is 12.2 Å². The molecule has 1 fully saturated rings. The first-order valence-electron chi connectivity index (χ1n) is 4.47. The molecule has 0 saturated heterocycles. The fraction of sp³-hybridized carbons (Fsp3) is 0.889. The van der Waals surface area contributed by atoms with Crippen molar-refractivity contribution in [3.8, 4) is 0 Å². The van der Waals surface area contributed by atoms with Gasteiger partial charge >= 0.3 is 0 Å². The van der Waals surface area contributed by atoms with Crippen LogP contribution >= 0.6 is 0 Å². The molecule has 0 unspecified atom stereocenters. The number of nitrogens with one attached hydrogen (secondary N) is 1. The third-order valence-electron chi connectivity index (χ3n) is 2.59. The molecule has 1 aliphatic rings. The molecule has 0 atom stereocenters. The van der Waals surface area contributed by atoms with Crippen molar-refractivity contribution in [2.45, 2.75) is 39.5 Å². The third kappa shape index (κ3) is 1.73. The molecular formula is C9H19NO. The number of hydrogen-bond acceptors (Lipinski definition) is 1. The number of rotatable bonds is 2. The highest BCUT2D eigenvalue weighted by molar-refractivity contribution is 5.82. The van der Waals surface area contributed by atoms with Gasteiger partial charge in [-0.05, 0) is 19.8 Å². The topological polar surface area (TPSA) is 29.1 Å². The quantitative estimate of drug-likeness (QED) is 0.652. The number of carbonyl (C=O) groups excluding carboxylic acids is 1. The molecule has 1 amide bonds. The molecule has 0 aromatic rings. The fourth-order valence-corrected chi connectivity index (χ4v) is 1.76. The minimum atomic E-state index is -0.0456. The normalized spacial score (nSPS) is 21.6. The summed E-state index contributed by atoms with van der Waals surface area (Å²) < 4.78 is 0. The first kappa shape index (κ1) is 8.57. The summed E-state index contributed by atoms with van der Waals surface area (Å²) in [6.45, 7) is 4.80. The van der Waals surface area contributed by atoms with Crippen LogP contribution in [0.4, 0.5) is 0 Å². The Morgan fingerprint density at radius 2 is 2.09 bits per heavy atom. The molecular weight excluding hydrogens is 138 g/mol. The van der Waals surface area contributed by atoms with Crippen LogP contribution in [0, 0.1) is 5.41 Å². The van der Waals surface area contributed by atoms with Crippen molar-refractivity contribution in [2.75, 3.05) is 6.54 Å². The van der Waals surface area contributed by atoms with E-state index in [0.717, 1.165) is 19.4 Å². The molecule has 1 rings (SSSR count). The standard InChI is InChI=1S/C9H17NO.H2/c1-3-10-8(11)9(2)6-4-5-7-9;/h3-7H2,1-2H3,(H,10,11);1H. The maximum absolute atomic E-state index is 11.5. The summed E-state index contributed by atoms with van der Waals surface area (Å²) in [6.07, 6.45) is 4.57. The van der Waals surface area contributed by atoms with Crippen molar-refractivity contribution < 1.29 is 6.22 Å². The van der Waals surface area contributed by atoms with Crippen LogP contribution in [0.3, 0.4) is 0 Å². The van der Waals surface area contributed by atoms with Gasteiger partial charge < -0.3 is 5.32 Å². The first-order chi connectivity index (χ1) is 5.19. The summed E-state index contributed by atoms with van der Waals surface area (Å²) in [5, 5.41) is 2.89. The molecule has 11 heavy (non-hydrogen) atoms. The van der Waals surface area contributed by atoms with E-state index >= 15 is 0 Å². The second-order valence-electron chi connectivity index (χ2n) is 3.63. The van der Waals surface area contributed by atoms with Crippen LogP contribution in [-0.2, 0) is 4.79 Å². The lowest BCUT2D eigenvalue weighted by atomic mass is 9.88. The average molecular weight is 157 g/mol. The van der Waals surface area contributed by atoms with Crippen molar-refractivity contribution in [1.82, 2.24) is 5.32 Å². The highest BCUT2D eigenvalue weighted by Gasteiger charge is 2.35. The number of hydrogen-bond donors (Lipinski definition) is 1. The Morgan fingerprint density at radius 3 is 2.55 bits per heavy atom. The van der Waals surface area contributed by atoms with Gasteiger partial charge in [-0.1, -0.05) is 19.8 Å². The summed E-state index contributed by atoms with van der Waals surface area (Å²) in [7, 11) is 0. The second kappa shape index (κ2) is 3.24. The molecule has 0 aromatic heterocycles. The SMILES string of the molecule is CCNC(=O)C1(C)CCCC1.[HH]. The molecule has 2 heteroatoms. The van der Waals surface area contributed by atoms with Crippen LogP contribution in [0.5, 0.6) is 0 Å². The Morgan fingerprint density at radius 1 is 1.55 bits per heavy atom. The van der Waals surface area contributed by atoms with E-state index < -0.39 is 0 Å². The smallest absolute Gasteiger partial charge is 0.225 e. The predicted molar refractivity (Wildman–Crippen MR) is 47.4 cm³/mol. The van der Waals surface area contributed by atoms with E-state index in [1.165, 1.54) is 12.8 Å². The molecule has 0 aliphatic heterocycles. The Kier molecular flexibility index (Phi) is 2.53. The predicted octanol–water partition coefficient (Wildman–Crippen LogP) is 1.95. The highest BCUT2D eigenvalue weighted by atomic mass is 16.2. The molecule has 0 aromatic carbocycles. The van der Waals surface area contributed by atoms with E-state index in [0.29, 0.717) is 0 Å². The Labute approximate surface area is 69.8 Å². The molecule has 2 nitrogen and oxygen atoms in total. The zero-order chi connectivity index (χ0) is 8.32. The van der Waals surface area contributed by atoms with Crippen molar-refractivity contribution in [2.24, 2.45) is 5.41 Å². The summed E-state index contributed by atoms with van der Waals surface area (Å²) in [5.41, 5.74) is -0.0456. The van der Waals surface area contributed by atoms with E-state index in [9.17, 15) is 4.79 Å². The van der Waals surface area contributed by atoms with Crippen LogP contribution in [0.25, 0.3) is 0 Å². The zero-order valence-corrected chi connectivity index (χ0v) is 7.44. The Bertz CT molecular complexity index is 153. The minimum Gasteiger partial charge on any atom is -0.356 e. The van der Waals surface area contributed by atoms with Gasteiger partial charge in [-0.25, -0.2) is 0 Å². The van der Waals surface area contributed by atoms with Gasteiger partial charge in [0.15, 0.2) is 0 Å². The third-order valence-corrected chi connectivity index (χ3v) is 2.59. The van der Waals surface area contributed by atoms with E-state index in [1.807, 2.05) is 6.92 Å². The van der Waals surface area contributed by atoms with Crippen molar-refractivity contribution in [3.63, 3.8) is 0 Å². The summed E-state index contributed by atoms with van der Waals surface area (Å²) in [6, 6.07) is 0. The number of amides is 1. The van der Waals surface area contributed by atoms with Crippen LogP contribution < -0.4 is 5.32 Å². The van der Waals surface area contributed by atoms with Crippen LogP contribution in [0.2, 0.25) is 0 Å². The molecule has 1 N–H and O–H groups in total. The molecule has 66 valence electrons. The van der Waals surface area contributed by atoms with Crippen molar-refractivity contribution >= 4 is 5.91 Å². The van der Waals surface area contributed by atoms with Gasteiger partial charge in [0.1, 0.15) is 0 Å². The van der Waals surface area contributed by atoms with Gasteiger partial charge in [-0.2, -0.15) is 0 Å². The van der Waals surface area contributed by atoms with Gasteiger partial charge in [0, 0.05) is 13.4 Å². The van der Waals surface area contributed by atoms with Crippen LogP contribution in [0.1, 0.15) is 41.0 Å². The van der Waals surface area contributed by atoms with Crippen LogP contribution in [-0.4, -0.2) is 12.5 Å². The van der Waals surface area contributed by atoms with Crippen LogP contribution in [0.15, 0.2) is 0 Å². The molecule has 0 radical (unpaired) electrons. The van der Waals surface area contributed by atoms with Gasteiger partial charge in [-0.3, -0.25) is 4.79 Å². The summed E-state index contributed by atoms with van der Waals surface area (Å²) >= 11 is 0. The monoisotopic (exact) mass is 157 g/mol. The Hall–Kier alpha value is -0.530. The largest absolute Gasteiger partial charge is 0.356 e. The van der Waals surface area contributed by atoms with E-state index in [-0.39, 0.29) is 12.7 Å². The summed E-state index contributed by atoms with van der Waals surface area (Å²) in [5.74, 6) is 0.248. The lowest BCUT2D eigenvalue weighted by Gasteiger charge is -2.21. The summed E-state index contributed by atoms with van der Waals surface area (Å²) in [4.78, 5) is 11.5. The number of carbonyl (C=O) groups is 1. The van der Waals surface area contributed by atoms with Crippen molar-refractivity contribution in [1.29, 1.82) is 0 Å². The lowest BCUT2D eigenvalue weighted by molar-refractivity contribution is -0.129. The molecule has 1 aliphatic carbocycles. The van der Waals surface area contributed by atoms with E-state index in [1.54, 1.807) is 0 Å². The van der Waals surface area contributed by atoms with Gasteiger partial charge in [0.25, 0.3) is 0 Å². The first-order valence-corrected chi connectivity index (χ1v) is 4.47.